The largest absolute Gasteiger partial charge is 0.346 e. The van der Waals surface area contributed by atoms with Gasteiger partial charge in [0.2, 0.25) is 0 Å². The van der Waals surface area contributed by atoms with E-state index in [9.17, 15) is 19.7 Å². The lowest BCUT2D eigenvalue weighted by Crippen LogP contribution is -2.29. The number of nitrogens with one attached hydrogen (secondary N) is 2. The number of nitro benzene ring substituents is 1. The van der Waals surface area contributed by atoms with Crippen molar-refractivity contribution in [3.63, 3.8) is 0 Å². The third-order valence-electron chi connectivity index (χ3n) is 4.95. The maximum absolute atomic E-state index is 12.8. The number of hydrogen-bond donors (Lipinski definition) is 2. The van der Waals surface area contributed by atoms with Gasteiger partial charge >= 0.3 is 0 Å². The van der Waals surface area contributed by atoms with E-state index in [0.717, 1.165) is 11.1 Å². The summed E-state index contributed by atoms with van der Waals surface area (Å²) in [6, 6.07) is 21.8. The number of nitrogens with zero attached hydrogens (tertiary/aromatic N) is 1. The maximum Gasteiger partial charge on any atom is 0.271 e. The van der Waals surface area contributed by atoms with E-state index < -0.39 is 16.7 Å². The first-order valence-electron chi connectivity index (χ1n) is 9.86. The van der Waals surface area contributed by atoms with E-state index in [1.54, 1.807) is 0 Å². The maximum atomic E-state index is 12.8. The monoisotopic (exact) mass is 417 g/mol. The van der Waals surface area contributed by atoms with E-state index in [4.69, 9.17) is 0 Å². The Morgan fingerprint density at radius 3 is 1.48 bits per heavy atom. The highest BCUT2D eigenvalue weighted by Gasteiger charge is 2.20. The van der Waals surface area contributed by atoms with Crippen LogP contribution in [0.3, 0.4) is 0 Å². The van der Waals surface area contributed by atoms with Crippen molar-refractivity contribution < 1.29 is 14.5 Å². The highest BCUT2D eigenvalue weighted by molar-refractivity contribution is 6.01. The third-order valence-corrected chi connectivity index (χ3v) is 4.95. The van der Waals surface area contributed by atoms with Gasteiger partial charge in [-0.05, 0) is 31.0 Å². The zero-order valence-corrected chi connectivity index (χ0v) is 17.2. The van der Waals surface area contributed by atoms with Crippen LogP contribution in [0.25, 0.3) is 0 Å². The van der Waals surface area contributed by atoms with E-state index in [-0.39, 0.29) is 28.9 Å². The molecule has 0 saturated carbocycles. The second-order valence-corrected chi connectivity index (χ2v) is 7.24. The Morgan fingerprint density at radius 2 is 1.13 bits per heavy atom. The molecule has 0 unspecified atom stereocenters. The zero-order valence-electron chi connectivity index (χ0n) is 17.2. The normalized spacial score (nSPS) is 12.5. The molecule has 7 nitrogen and oxygen atoms in total. The third kappa shape index (κ3) is 5.54. The standard InChI is InChI=1S/C24H23N3O4/c1-16(18-9-5-3-6-10-18)25-23(28)20-13-21(15-22(14-20)27(30)31)24(29)26-17(2)19-11-7-4-8-12-19/h3-17H,1-2H3,(H,25,28)(H,26,29)/t16-,17-/m0/s1. The molecule has 0 aliphatic rings. The summed E-state index contributed by atoms with van der Waals surface area (Å²) in [6.45, 7) is 3.64. The Kier molecular flexibility index (Phi) is 6.77. The summed E-state index contributed by atoms with van der Waals surface area (Å²) in [5, 5.41) is 17.0. The number of nitro groups is 1. The minimum atomic E-state index is -0.616. The Bertz CT molecular complexity index is 1010. The van der Waals surface area contributed by atoms with E-state index in [2.05, 4.69) is 10.6 Å². The molecular formula is C24H23N3O4. The SMILES string of the molecule is C[C@H](NC(=O)c1cc(C(=O)N[C@@H](C)c2ccccc2)cc([N+](=O)[O-])c1)c1ccccc1. The first-order chi connectivity index (χ1) is 14.8. The molecular weight excluding hydrogens is 394 g/mol. The van der Waals surface area contributed by atoms with Crippen LogP contribution in [0.4, 0.5) is 5.69 Å². The molecule has 158 valence electrons. The molecule has 0 aliphatic heterocycles. The smallest absolute Gasteiger partial charge is 0.271 e. The van der Waals surface area contributed by atoms with Crippen molar-refractivity contribution >= 4 is 17.5 Å². The van der Waals surface area contributed by atoms with E-state index in [0.29, 0.717) is 0 Å². The van der Waals surface area contributed by atoms with Gasteiger partial charge in [-0.1, -0.05) is 60.7 Å². The lowest BCUT2D eigenvalue weighted by atomic mass is 10.0. The van der Waals surface area contributed by atoms with Crippen molar-refractivity contribution in [3.05, 3.63) is 111 Å². The Morgan fingerprint density at radius 1 is 0.742 bits per heavy atom. The number of benzene rings is 3. The fourth-order valence-electron chi connectivity index (χ4n) is 3.19. The van der Waals surface area contributed by atoms with Gasteiger partial charge in [-0.2, -0.15) is 0 Å². The van der Waals surface area contributed by atoms with Crippen LogP contribution in [-0.4, -0.2) is 16.7 Å². The summed E-state index contributed by atoms with van der Waals surface area (Å²) in [6.07, 6.45) is 0. The average molecular weight is 417 g/mol. The fourth-order valence-corrected chi connectivity index (χ4v) is 3.19. The van der Waals surface area contributed by atoms with Crippen LogP contribution in [0, 0.1) is 10.1 Å². The molecule has 7 heteroatoms. The molecule has 3 aromatic carbocycles. The number of non-ortho nitro benzene ring substituents is 1. The molecule has 0 fully saturated rings. The van der Waals surface area contributed by atoms with E-state index in [1.807, 2.05) is 74.5 Å². The van der Waals surface area contributed by atoms with Gasteiger partial charge in [0.05, 0.1) is 17.0 Å². The van der Waals surface area contributed by atoms with Crippen LogP contribution in [0.2, 0.25) is 0 Å². The van der Waals surface area contributed by atoms with Crippen molar-refractivity contribution in [1.29, 1.82) is 0 Å². The Labute approximate surface area is 180 Å². The number of carbonyl (C=O) groups is 2. The van der Waals surface area contributed by atoms with Crippen LogP contribution in [-0.2, 0) is 0 Å². The molecule has 2 amide bonds. The van der Waals surface area contributed by atoms with Gasteiger partial charge in [-0.15, -0.1) is 0 Å². The second kappa shape index (κ2) is 9.67. The van der Waals surface area contributed by atoms with Gasteiger partial charge in [0.25, 0.3) is 17.5 Å². The quantitative estimate of drug-likeness (QED) is 0.434. The van der Waals surface area contributed by atoms with Crippen LogP contribution in [0.1, 0.15) is 57.8 Å². The lowest BCUT2D eigenvalue weighted by Gasteiger charge is -2.16. The molecule has 2 atom stereocenters. The van der Waals surface area contributed by atoms with Crippen molar-refractivity contribution in [3.8, 4) is 0 Å². The Balaban J connectivity index is 1.82. The molecule has 0 saturated heterocycles. The first-order valence-corrected chi connectivity index (χ1v) is 9.86. The Hall–Kier alpha value is -4.00. The van der Waals surface area contributed by atoms with Gasteiger partial charge in [0.15, 0.2) is 0 Å². The molecule has 2 N–H and O–H groups in total. The summed E-state index contributed by atoms with van der Waals surface area (Å²) in [4.78, 5) is 36.3. The van der Waals surface area contributed by atoms with Crippen molar-refractivity contribution in [2.24, 2.45) is 0 Å². The topological polar surface area (TPSA) is 101 Å². The van der Waals surface area contributed by atoms with Crippen LogP contribution in [0.5, 0.6) is 0 Å². The van der Waals surface area contributed by atoms with E-state index >= 15 is 0 Å². The van der Waals surface area contributed by atoms with Crippen LogP contribution in [0.15, 0.2) is 78.9 Å². The summed E-state index contributed by atoms with van der Waals surface area (Å²) in [5.41, 5.74) is 1.58. The average Bonchev–Trinajstić information content (AvgIpc) is 2.79. The van der Waals surface area contributed by atoms with E-state index in [1.165, 1.54) is 18.2 Å². The number of rotatable bonds is 7. The van der Waals surface area contributed by atoms with Crippen LogP contribution < -0.4 is 10.6 Å². The lowest BCUT2D eigenvalue weighted by molar-refractivity contribution is -0.384. The second-order valence-electron chi connectivity index (χ2n) is 7.24. The molecule has 3 rings (SSSR count). The van der Waals surface area contributed by atoms with Crippen LogP contribution >= 0.6 is 0 Å². The van der Waals surface area contributed by atoms with Gasteiger partial charge in [0, 0.05) is 23.3 Å². The molecule has 3 aromatic rings. The molecule has 0 bridgehead atoms. The minimum Gasteiger partial charge on any atom is -0.346 e. The van der Waals surface area contributed by atoms with Gasteiger partial charge in [-0.25, -0.2) is 0 Å². The summed E-state index contributed by atoms with van der Waals surface area (Å²) < 4.78 is 0. The molecule has 0 spiro atoms. The first kappa shape index (κ1) is 21.7. The summed E-state index contributed by atoms with van der Waals surface area (Å²) in [7, 11) is 0. The molecule has 0 heterocycles. The van der Waals surface area contributed by atoms with Gasteiger partial charge in [0.1, 0.15) is 0 Å². The highest BCUT2D eigenvalue weighted by Crippen LogP contribution is 2.20. The predicted molar refractivity (Wildman–Crippen MR) is 118 cm³/mol. The molecule has 0 radical (unpaired) electrons. The molecule has 0 aliphatic carbocycles. The van der Waals surface area contributed by atoms with Crippen molar-refractivity contribution in [2.45, 2.75) is 25.9 Å². The fraction of sp³-hybridized carbons (Fsp3) is 0.167. The summed E-state index contributed by atoms with van der Waals surface area (Å²) in [5.74, 6) is -0.990. The van der Waals surface area contributed by atoms with Crippen molar-refractivity contribution in [1.82, 2.24) is 10.6 Å². The minimum absolute atomic E-state index is 0.0505. The van der Waals surface area contributed by atoms with Gasteiger partial charge in [-0.3, -0.25) is 19.7 Å². The highest BCUT2D eigenvalue weighted by atomic mass is 16.6. The number of hydrogen-bond acceptors (Lipinski definition) is 4. The molecule has 31 heavy (non-hydrogen) atoms. The zero-order chi connectivity index (χ0) is 22.4. The van der Waals surface area contributed by atoms with Crippen molar-refractivity contribution in [2.75, 3.05) is 0 Å². The molecule has 0 aromatic heterocycles. The predicted octanol–water partition coefficient (Wildman–Crippen LogP) is 4.58. The van der Waals surface area contributed by atoms with Gasteiger partial charge < -0.3 is 10.6 Å². The summed E-state index contributed by atoms with van der Waals surface area (Å²) >= 11 is 0. The number of amides is 2. The number of carbonyl (C=O) groups excluding carboxylic acids is 2.